The fraction of sp³-hybridized carbons (Fsp3) is 0.727. The van der Waals surface area contributed by atoms with Crippen molar-refractivity contribution in [1.82, 2.24) is 4.90 Å². The number of rotatable bonds is 7. The van der Waals surface area contributed by atoms with E-state index in [-0.39, 0.29) is 0 Å². The van der Waals surface area contributed by atoms with Crippen molar-refractivity contribution in [2.24, 2.45) is 0 Å². The van der Waals surface area contributed by atoms with Crippen LogP contribution in [-0.2, 0) is 4.79 Å². The van der Waals surface area contributed by atoms with Gasteiger partial charge in [0.1, 0.15) is 5.70 Å². The molecule has 3 heteroatoms. The van der Waals surface area contributed by atoms with Gasteiger partial charge in [-0.3, -0.25) is 0 Å². The first kappa shape index (κ1) is 13.0. The molecule has 0 radical (unpaired) electrons. The van der Waals surface area contributed by atoms with Gasteiger partial charge in [0.05, 0.1) is 0 Å². The Morgan fingerprint density at radius 3 is 2.00 bits per heavy atom. The molecule has 0 aliphatic heterocycles. The highest BCUT2D eigenvalue weighted by Gasteiger charge is 2.13. The Labute approximate surface area is 86.4 Å². The zero-order valence-corrected chi connectivity index (χ0v) is 9.42. The molecule has 0 rings (SSSR count). The largest absolute Gasteiger partial charge is 0.477 e. The van der Waals surface area contributed by atoms with E-state index >= 15 is 0 Å². The van der Waals surface area contributed by atoms with E-state index in [4.69, 9.17) is 5.11 Å². The summed E-state index contributed by atoms with van der Waals surface area (Å²) in [4.78, 5) is 12.9. The molecule has 3 nitrogen and oxygen atoms in total. The van der Waals surface area contributed by atoms with E-state index < -0.39 is 5.97 Å². The summed E-state index contributed by atoms with van der Waals surface area (Å²) in [6, 6.07) is 0. The van der Waals surface area contributed by atoms with Crippen molar-refractivity contribution in [2.75, 3.05) is 13.1 Å². The van der Waals surface area contributed by atoms with Gasteiger partial charge in [-0.1, -0.05) is 26.8 Å². The van der Waals surface area contributed by atoms with Gasteiger partial charge in [0.2, 0.25) is 0 Å². The highest BCUT2D eigenvalue weighted by atomic mass is 16.4. The molecule has 0 heterocycles. The molecule has 0 atom stereocenters. The number of carboxylic acids is 1. The van der Waals surface area contributed by atoms with Crippen molar-refractivity contribution in [3.8, 4) is 0 Å². The van der Waals surface area contributed by atoms with Gasteiger partial charge in [0.15, 0.2) is 0 Å². The molecular weight excluding hydrogens is 178 g/mol. The minimum absolute atomic E-state index is 0.455. The number of allylic oxidation sites excluding steroid dienone is 1. The molecule has 0 bridgehead atoms. The third kappa shape index (κ3) is 4.30. The van der Waals surface area contributed by atoms with Crippen molar-refractivity contribution in [3.63, 3.8) is 0 Å². The van der Waals surface area contributed by atoms with Gasteiger partial charge < -0.3 is 10.0 Å². The molecule has 0 aromatic carbocycles. The number of aliphatic carboxylic acids is 1. The molecule has 0 saturated carbocycles. The Balaban J connectivity index is 4.54. The molecule has 82 valence electrons. The van der Waals surface area contributed by atoms with E-state index in [9.17, 15) is 4.79 Å². The van der Waals surface area contributed by atoms with Crippen LogP contribution < -0.4 is 0 Å². The van der Waals surface area contributed by atoms with Crippen LogP contribution in [0.15, 0.2) is 11.8 Å². The number of carbonyl (C=O) groups is 1. The quantitative estimate of drug-likeness (QED) is 0.640. The predicted molar refractivity (Wildman–Crippen MR) is 58.2 cm³/mol. The normalized spacial score (nSPS) is 11.5. The van der Waals surface area contributed by atoms with Crippen LogP contribution in [0.2, 0.25) is 0 Å². The average molecular weight is 199 g/mol. The summed E-state index contributed by atoms with van der Waals surface area (Å²) in [7, 11) is 0. The van der Waals surface area contributed by atoms with E-state index in [2.05, 4.69) is 13.8 Å². The first-order valence-corrected chi connectivity index (χ1v) is 5.35. The molecule has 14 heavy (non-hydrogen) atoms. The maximum Gasteiger partial charge on any atom is 0.351 e. The minimum atomic E-state index is -0.811. The lowest BCUT2D eigenvalue weighted by atomic mass is 10.2. The standard InChI is InChI=1S/C11H21NO2/c1-4-7-10(11(13)14)12(8-5-2)9-6-3/h7H,4-6,8-9H2,1-3H3,(H,13,14)/b10-7+. The van der Waals surface area contributed by atoms with E-state index in [1.807, 2.05) is 11.8 Å². The Bertz CT molecular complexity index is 193. The third-order valence-electron chi connectivity index (χ3n) is 1.94. The lowest BCUT2D eigenvalue weighted by Crippen LogP contribution is -2.29. The molecule has 0 aromatic rings. The minimum Gasteiger partial charge on any atom is -0.477 e. The summed E-state index contributed by atoms with van der Waals surface area (Å²) in [5.41, 5.74) is 0.455. The van der Waals surface area contributed by atoms with Crippen molar-refractivity contribution in [1.29, 1.82) is 0 Å². The van der Waals surface area contributed by atoms with E-state index in [1.165, 1.54) is 0 Å². The topological polar surface area (TPSA) is 40.5 Å². The van der Waals surface area contributed by atoms with E-state index in [0.717, 1.165) is 32.4 Å². The third-order valence-corrected chi connectivity index (χ3v) is 1.94. The van der Waals surface area contributed by atoms with Crippen molar-refractivity contribution in [2.45, 2.75) is 40.0 Å². The summed E-state index contributed by atoms with van der Waals surface area (Å²) in [5.74, 6) is -0.811. The Hall–Kier alpha value is -0.990. The lowest BCUT2D eigenvalue weighted by molar-refractivity contribution is -0.134. The molecule has 0 amide bonds. The monoisotopic (exact) mass is 199 g/mol. The van der Waals surface area contributed by atoms with Gasteiger partial charge in [-0.05, 0) is 19.3 Å². The molecule has 0 spiro atoms. The van der Waals surface area contributed by atoms with Gasteiger partial charge in [-0.25, -0.2) is 4.79 Å². The summed E-state index contributed by atoms with van der Waals surface area (Å²) < 4.78 is 0. The second kappa shape index (κ2) is 7.42. The zero-order chi connectivity index (χ0) is 11.0. The summed E-state index contributed by atoms with van der Waals surface area (Å²) in [6.07, 6.45) is 4.52. The van der Waals surface area contributed by atoms with Crippen LogP contribution in [0.4, 0.5) is 0 Å². The molecule has 1 N–H and O–H groups in total. The van der Waals surface area contributed by atoms with Crippen LogP contribution in [0.1, 0.15) is 40.0 Å². The zero-order valence-electron chi connectivity index (χ0n) is 9.42. The number of hydrogen-bond donors (Lipinski definition) is 1. The van der Waals surface area contributed by atoms with Gasteiger partial charge in [0.25, 0.3) is 0 Å². The Morgan fingerprint density at radius 1 is 1.21 bits per heavy atom. The summed E-state index contributed by atoms with van der Waals surface area (Å²) >= 11 is 0. The van der Waals surface area contributed by atoms with Gasteiger partial charge in [-0.15, -0.1) is 0 Å². The molecule has 0 aliphatic carbocycles. The summed E-state index contributed by atoms with van der Waals surface area (Å²) in [6.45, 7) is 7.74. The molecule has 0 unspecified atom stereocenters. The lowest BCUT2D eigenvalue weighted by Gasteiger charge is -2.23. The Morgan fingerprint density at radius 2 is 1.71 bits per heavy atom. The molecular formula is C11H21NO2. The number of hydrogen-bond acceptors (Lipinski definition) is 2. The van der Waals surface area contributed by atoms with Crippen LogP contribution in [0, 0.1) is 0 Å². The fourth-order valence-corrected chi connectivity index (χ4v) is 1.44. The summed E-state index contributed by atoms with van der Waals surface area (Å²) in [5, 5.41) is 9.02. The molecule has 0 aromatic heterocycles. The highest BCUT2D eigenvalue weighted by Crippen LogP contribution is 2.08. The maximum atomic E-state index is 11.0. The fourth-order valence-electron chi connectivity index (χ4n) is 1.44. The van der Waals surface area contributed by atoms with Crippen molar-refractivity contribution >= 4 is 5.97 Å². The number of carboxylic acid groups (broad SMARTS) is 1. The van der Waals surface area contributed by atoms with E-state index in [0.29, 0.717) is 5.70 Å². The average Bonchev–Trinajstić information content (AvgIpc) is 2.13. The van der Waals surface area contributed by atoms with Crippen molar-refractivity contribution < 1.29 is 9.90 Å². The maximum absolute atomic E-state index is 11.0. The van der Waals surface area contributed by atoms with Crippen LogP contribution in [0.5, 0.6) is 0 Å². The van der Waals surface area contributed by atoms with E-state index in [1.54, 1.807) is 6.08 Å². The first-order chi connectivity index (χ1) is 6.67. The highest BCUT2D eigenvalue weighted by molar-refractivity contribution is 5.85. The first-order valence-electron chi connectivity index (χ1n) is 5.35. The Kier molecular flexibility index (Phi) is 6.89. The van der Waals surface area contributed by atoms with Crippen LogP contribution in [0.3, 0.4) is 0 Å². The molecule has 0 saturated heterocycles. The van der Waals surface area contributed by atoms with Crippen LogP contribution in [-0.4, -0.2) is 29.1 Å². The second-order valence-electron chi connectivity index (χ2n) is 3.29. The van der Waals surface area contributed by atoms with Gasteiger partial charge in [-0.2, -0.15) is 0 Å². The predicted octanol–water partition coefficient (Wildman–Crippen LogP) is 2.49. The second-order valence-corrected chi connectivity index (χ2v) is 3.29. The SMILES string of the molecule is CC/C=C(\C(=O)O)N(CCC)CCC. The molecule has 0 fully saturated rings. The van der Waals surface area contributed by atoms with Crippen molar-refractivity contribution in [3.05, 3.63) is 11.8 Å². The van der Waals surface area contributed by atoms with Crippen LogP contribution in [0.25, 0.3) is 0 Å². The van der Waals surface area contributed by atoms with Gasteiger partial charge >= 0.3 is 5.97 Å². The van der Waals surface area contributed by atoms with Gasteiger partial charge in [0, 0.05) is 13.1 Å². The smallest absolute Gasteiger partial charge is 0.351 e. The van der Waals surface area contributed by atoms with Crippen LogP contribution >= 0.6 is 0 Å². The molecule has 0 aliphatic rings. The number of nitrogens with zero attached hydrogens (tertiary/aromatic N) is 1.